The summed E-state index contributed by atoms with van der Waals surface area (Å²) >= 11 is 0. The second-order valence-electron chi connectivity index (χ2n) is 8.48. The van der Waals surface area contributed by atoms with Crippen molar-refractivity contribution in [3.63, 3.8) is 0 Å². The molecule has 0 saturated heterocycles. The number of fused-ring (bicyclic) bond motifs is 3. The zero-order chi connectivity index (χ0) is 21.8. The van der Waals surface area contributed by atoms with Crippen LogP contribution in [0.3, 0.4) is 0 Å². The Balaban J connectivity index is 1.50. The van der Waals surface area contributed by atoms with Crippen molar-refractivity contribution in [2.75, 3.05) is 4.90 Å². The van der Waals surface area contributed by atoms with Gasteiger partial charge in [0.15, 0.2) is 11.6 Å². The first-order valence-electron chi connectivity index (χ1n) is 11.0. The number of imidazole rings is 1. The van der Waals surface area contributed by atoms with E-state index < -0.39 is 0 Å². The van der Waals surface area contributed by atoms with Gasteiger partial charge in [0.2, 0.25) is 5.95 Å². The molecule has 2 unspecified atom stereocenters. The Kier molecular flexibility index (Phi) is 4.31. The zero-order valence-electron chi connectivity index (χ0n) is 17.9. The second-order valence-corrected chi connectivity index (χ2v) is 8.48. The summed E-state index contributed by atoms with van der Waals surface area (Å²) in [6, 6.07) is 6.73. The molecule has 0 spiro atoms. The molecular weight excluding hydrogens is 407 g/mol. The molecule has 32 heavy (non-hydrogen) atoms. The summed E-state index contributed by atoms with van der Waals surface area (Å²) < 4.78 is 17.3. The molecule has 1 aromatic carbocycles. The highest BCUT2D eigenvalue weighted by Crippen LogP contribution is 2.45. The topological polar surface area (TPSA) is 77.5 Å². The Hall–Kier alpha value is -3.62. The largest absolute Gasteiger partial charge is 0.341 e. The average molecular weight is 430 g/mol. The van der Waals surface area contributed by atoms with Gasteiger partial charge in [0, 0.05) is 24.0 Å². The molecule has 2 atom stereocenters. The molecule has 3 aromatic heterocycles. The molecule has 8 nitrogen and oxygen atoms in total. The summed E-state index contributed by atoms with van der Waals surface area (Å²) in [4.78, 5) is 16.6. The maximum absolute atomic E-state index is 13.4. The first-order valence-corrected chi connectivity index (χ1v) is 11.0. The third-order valence-corrected chi connectivity index (χ3v) is 6.54. The molecule has 1 aliphatic carbocycles. The van der Waals surface area contributed by atoms with E-state index in [4.69, 9.17) is 4.98 Å². The predicted molar refractivity (Wildman–Crippen MR) is 117 cm³/mol. The SMILES string of the molecule is CCC1c2nncn2-c2cnc(-n3ccnc3-c3ccc(F)cc3)nc2N1C(C)C1CC1. The lowest BCUT2D eigenvalue weighted by molar-refractivity contribution is 0.454. The van der Waals surface area contributed by atoms with Crippen molar-refractivity contribution >= 4 is 5.82 Å². The smallest absolute Gasteiger partial charge is 0.237 e. The second kappa shape index (κ2) is 7.22. The molecule has 4 aromatic rings. The Bertz CT molecular complexity index is 1270. The molecule has 1 aliphatic heterocycles. The number of hydrogen-bond acceptors (Lipinski definition) is 6. The van der Waals surface area contributed by atoms with Gasteiger partial charge in [-0.05, 0) is 56.4 Å². The first kappa shape index (κ1) is 19.1. The number of rotatable bonds is 5. The maximum atomic E-state index is 13.4. The van der Waals surface area contributed by atoms with Crippen molar-refractivity contribution in [3.8, 4) is 23.0 Å². The lowest BCUT2D eigenvalue weighted by Gasteiger charge is -2.41. The van der Waals surface area contributed by atoms with Crippen molar-refractivity contribution in [3.05, 3.63) is 60.8 Å². The number of benzene rings is 1. The summed E-state index contributed by atoms with van der Waals surface area (Å²) in [5.41, 5.74) is 1.68. The number of halogens is 1. The van der Waals surface area contributed by atoms with E-state index in [0.717, 1.165) is 29.3 Å². The Morgan fingerprint density at radius 2 is 1.94 bits per heavy atom. The molecular formula is C23H23FN8. The van der Waals surface area contributed by atoms with Crippen LogP contribution in [0.5, 0.6) is 0 Å². The normalized spacial score (nSPS) is 18.3. The van der Waals surface area contributed by atoms with Crippen LogP contribution in [0, 0.1) is 11.7 Å². The van der Waals surface area contributed by atoms with E-state index in [1.165, 1.54) is 25.0 Å². The Morgan fingerprint density at radius 1 is 1.12 bits per heavy atom. The van der Waals surface area contributed by atoms with Crippen molar-refractivity contribution in [2.24, 2.45) is 5.92 Å². The van der Waals surface area contributed by atoms with E-state index in [1.54, 1.807) is 24.7 Å². The molecule has 162 valence electrons. The van der Waals surface area contributed by atoms with Crippen LogP contribution in [0.15, 0.2) is 49.2 Å². The summed E-state index contributed by atoms with van der Waals surface area (Å²) in [5, 5.41) is 8.60. The van der Waals surface area contributed by atoms with Gasteiger partial charge in [0.25, 0.3) is 0 Å². The fraction of sp³-hybridized carbons (Fsp3) is 0.348. The van der Waals surface area contributed by atoms with E-state index in [9.17, 15) is 4.39 Å². The number of aromatic nitrogens is 7. The van der Waals surface area contributed by atoms with Crippen LogP contribution in [0.1, 0.15) is 45.0 Å². The average Bonchev–Trinajstić information content (AvgIpc) is 3.34. The lowest BCUT2D eigenvalue weighted by atomic mass is 10.0. The van der Waals surface area contributed by atoms with Gasteiger partial charge < -0.3 is 4.90 Å². The molecule has 9 heteroatoms. The highest BCUT2D eigenvalue weighted by atomic mass is 19.1. The molecule has 6 rings (SSSR count). The van der Waals surface area contributed by atoms with E-state index in [1.807, 2.05) is 21.5 Å². The summed E-state index contributed by atoms with van der Waals surface area (Å²) in [6.45, 7) is 4.45. The van der Waals surface area contributed by atoms with Crippen LogP contribution in [0.2, 0.25) is 0 Å². The lowest BCUT2D eigenvalue weighted by Crippen LogP contribution is -2.43. The summed E-state index contributed by atoms with van der Waals surface area (Å²) in [5.74, 6) is 3.38. The molecule has 0 bridgehead atoms. The van der Waals surface area contributed by atoms with Crippen LogP contribution in [-0.2, 0) is 0 Å². The Morgan fingerprint density at radius 3 is 2.69 bits per heavy atom. The fourth-order valence-electron chi connectivity index (χ4n) is 4.70. The van der Waals surface area contributed by atoms with Gasteiger partial charge in [-0.3, -0.25) is 9.13 Å². The van der Waals surface area contributed by atoms with E-state index in [0.29, 0.717) is 23.7 Å². The van der Waals surface area contributed by atoms with Crippen LogP contribution in [-0.4, -0.2) is 40.3 Å². The number of anilines is 1. The van der Waals surface area contributed by atoms with Gasteiger partial charge in [0.05, 0.1) is 12.2 Å². The molecule has 1 saturated carbocycles. The molecule has 2 aliphatic rings. The van der Waals surface area contributed by atoms with E-state index >= 15 is 0 Å². The maximum Gasteiger partial charge on any atom is 0.237 e. The van der Waals surface area contributed by atoms with Crippen LogP contribution >= 0.6 is 0 Å². The van der Waals surface area contributed by atoms with Crippen molar-refractivity contribution in [2.45, 2.75) is 45.2 Å². The molecule has 0 radical (unpaired) electrons. The quantitative estimate of drug-likeness (QED) is 0.474. The van der Waals surface area contributed by atoms with E-state index in [-0.39, 0.29) is 11.9 Å². The minimum Gasteiger partial charge on any atom is -0.341 e. The van der Waals surface area contributed by atoms with Crippen LogP contribution in [0.25, 0.3) is 23.0 Å². The van der Waals surface area contributed by atoms with E-state index in [2.05, 4.69) is 38.9 Å². The minimum absolute atomic E-state index is 0.0997. The number of nitrogens with zero attached hydrogens (tertiary/aromatic N) is 8. The highest BCUT2D eigenvalue weighted by molar-refractivity contribution is 5.64. The van der Waals surface area contributed by atoms with Gasteiger partial charge in [-0.25, -0.2) is 14.4 Å². The summed E-state index contributed by atoms with van der Waals surface area (Å²) in [6.07, 6.45) is 10.5. The van der Waals surface area contributed by atoms with Gasteiger partial charge in [-0.15, -0.1) is 10.2 Å². The van der Waals surface area contributed by atoms with Crippen molar-refractivity contribution in [1.82, 2.24) is 34.3 Å². The third-order valence-electron chi connectivity index (χ3n) is 6.54. The third kappa shape index (κ3) is 2.91. The van der Waals surface area contributed by atoms with Gasteiger partial charge in [-0.2, -0.15) is 4.98 Å². The minimum atomic E-state index is -0.281. The standard InChI is InChI=1S/C23H23FN8/c1-3-18-22-29-27-13-31(22)19-12-26-23(28-21(19)32(18)14(2)15-4-5-15)30-11-10-25-20(30)16-6-8-17(24)9-7-16/h6-15,18H,3-5H2,1-2H3. The Labute approximate surface area is 184 Å². The molecule has 1 fully saturated rings. The number of hydrogen-bond donors (Lipinski definition) is 0. The van der Waals surface area contributed by atoms with Crippen LogP contribution < -0.4 is 4.90 Å². The van der Waals surface area contributed by atoms with Crippen molar-refractivity contribution in [1.29, 1.82) is 0 Å². The predicted octanol–water partition coefficient (Wildman–Crippen LogP) is 4.12. The molecule has 0 N–H and O–H groups in total. The molecule has 0 amide bonds. The fourth-order valence-corrected chi connectivity index (χ4v) is 4.70. The zero-order valence-corrected chi connectivity index (χ0v) is 17.9. The van der Waals surface area contributed by atoms with Gasteiger partial charge >= 0.3 is 0 Å². The molecule has 4 heterocycles. The van der Waals surface area contributed by atoms with Crippen molar-refractivity contribution < 1.29 is 4.39 Å². The first-order chi connectivity index (χ1) is 15.7. The monoisotopic (exact) mass is 430 g/mol. The highest BCUT2D eigenvalue weighted by Gasteiger charge is 2.41. The van der Waals surface area contributed by atoms with Gasteiger partial charge in [0.1, 0.15) is 23.7 Å². The van der Waals surface area contributed by atoms with Gasteiger partial charge in [-0.1, -0.05) is 6.92 Å². The van der Waals surface area contributed by atoms with Crippen LogP contribution in [0.4, 0.5) is 10.2 Å². The summed E-state index contributed by atoms with van der Waals surface area (Å²) in [7, 11) is 0.